The molecule has 0 unspecified atom stereocenters. The first-order valence-electron chi connectivity index (χ1n) is 6.23. The van der Waals surface area contributed by atoms with Crippen LogP contribution in [-0.4, -0.2) is 23.8 Å². The first kappa shape index (κ1) is 12.0. The van der Waals surface area contributed by atoms with Crippen molar-refractivity contribution >= 4 is 0 Å². The van der Waals surface area contributed by atoms with E-state index in [1.54, 1.807) is 0 Å². The van der Waals surface area contributed by atoms with Crippen LogP contribution in [0.3, 0.4) is 0 Å². The molecule has 1 fully saturated rings. The minimum absolute atomic E-state index is 0.285. The lowest BCUT2D eigenvalue weighted by molar-refractivity contribution is 0.218. The van der Waals surface area contributed by atoms with Crippen LogP contribution in [0.5, 0.6) is 0 Å². The van der Waals surface area contributed by atoms with Gasteiger partial charge in [0.2, 0.25) is 0 Å². The second-order valence-corrected chi connectivity index (χ2v) is 4.50. The van der Waals surface area contributed by atoms with E-state index >= 15 is 0 Å². The van der Waals surface area contributed by atoms with E-state index in [-0.39, 0.29) is 6.61 Å². The van der Waals surface area contributed by atoms with Gasteiger partial charge in [-0.1, -0.05) is 39.0 Å². The van der Waals surface area contributed by atoms with Crippen LogP contribution in [0.4, 0.5) is 0 Å². The molecule has 0 aromatic carbocycles. The van der Waals surface area contributed by atoms with E-state index in [4.69, 9.17) is 5.11 Å². The third kappa shape index (κ3) is 4.43. The van der Waals surface area contributed by atoms with Crippen molar-refractivity contribution in [2.75, 3.05) is 6.61 Å². The van der Waals surface area contributed by atoms with Gasteiger partial charge in [0, 0.05) is 12.1 Å². The molecule has 0 bridgehead atoms. The normalized spacial score (nSPS) is 22.7. The Hall–Kier alpha value is -0.0800. The summed E-state index contributed by atoms with van der Waals surface area (Å²) in [5, 5.41) is 12.7. The third-order valence-electron chi connectivity index (χ3n) is 3.29. The molecule has 2 heteroatoms. The van der Waals surface area contributed by atoms with Gasteiger partial charge in [-0.05, 0) is 19.3 Å². The van der Waals surface area contributed by atoms with Crippen LogP contribution in [0.2, 0.25) is 0 Å². The maximum Gasteiger partial charge on any atom is 0.0584 e. The zero-order chi connectivity index (χ0) is 10.2. The predicted molar refractivity (Wildman–Crippen MR) is 60.4 cm³/mol. The molecule has 0 spiro atoms. The second kappa shape index (κ2) is 7.24. The fraction of sp³-hybridized carbons (Fsp3) is 1.00. The average Bonchev–Trinajstić information content (AvgIpc) is 2.16. The lowest BCUT2D eigenvalue weighted by Crippen LogP contribution is -2.40. The molecule has 0 radical (unpaired) electrons. The fourth-order valence-corrected chi connectivity index (χ4v) is 2.26. The maximum atomic E-state index is 9.12. The molecule has 0 saturated heterocycles. The summed E-state index contributed by atoms with van der Waals surface area (Å²) >= 11 is 0. The first-order chi connectivity index (χ1) is 6.86. The standard InChI is InChI=1S/C12H25NO/c1-2-11(10-14)13-12-8-6-4-3-5-7-9-12/h11-14H,2-10H2,1H3/t11-/m0/s1. The van der Waals surface area contributed by atoms with Gasteiger partial charge < -0.3 is 10.4 Å². The molecule has 1 aliphatic rings. The van der Waals surface area contributed by atoms with Crippen LogP contribution >= 0.6 is 0 Å². The van der Waals surface area contributed by atoms with Crippen LogP contribution in [0.15, 0.2) is 0 Å². The quantitative estimate of drug-likeness (QED) is 0.729. The molecule has 1 atom stereocenters. The summed E-state index contributed by atoms with van der Waals surface area (Å²) in [5.41, 5.74) is 0. The largest absolute Gasteiger partial charge is 0.395 e. The number of hydrogen-bond donors (Lipinski definition) is 2. The second-order valence-electron chi connectivity index (χ2n) is 4.50. The van der Waals surface area contributed by atoms with Gasteiger partial charge >= 0.3 is 0 Å². The minimum atomic E-state index is 0.285. The maximum absolute atomic E-state index is 9.12. The zero-order valence-corrected chi connectivity index (χ0v) is 9.47. The fourth-order valence-electron chi connectivity index (χ4n) is 2.26. The van der Waals surface area contributed by atoms with Crippen LogP contribution in [-0.2, 0) is 0 Å². The molecule has 0 aliphatic heterocycles. The van der Waals surface area contributed by atoms with E-state index in [0.717, 1.165) is 6.42 Å². The summed E-state index contributed by atoms with van der Waals surface area (Å²) in [5.74, 6) is 0. The van der Waals surface area contributed by atoms with Crippen molar-refractivity contribution in [3.05, 3.63) is 0 Å². The molecule has 2 N–H and O–H groups in total. The summed E-state index contributed by atoms with van der Waals surface area (Å²) in [6, 6.07) is 0.979. The number of hydrogen-bond acceptors (Lipinski definition) is 2. The smallest absolute Gasteiger partial charge is 0.0584 e. The van der Waals surface area contributed by atoms with Crippen molar-refractivity contribution in [2.45, 2.75) is 70.4 Å². The predicted octanol–water partition coefficient (Wildman–Crippen LogP) is 2.46. The Bertz CT molecular complexity index is 126. The SMILES string of the molecule is CC[C@@H](CO)NC1CCCCCCC1. The van der Waals surface area contributed by atoms with E-state index < -0.39 is 0 Å². The van der Waals surface area contributed by atoms with Crippen LogP contribution in [0.1, 0.15) is 58.3 Å². The van der Waals surface area contributed by atoms with Crippen molar-refractivity contribution in [3.63, 3.8) is 0 Å². The number of rotatable bonds is 4. The van der Waals surface area contributed by atoms with Gasteiger partial charge in [-0.2, -0.15) is 0 Å². The highest BCUT2D eigenvalue weighted by atomic mass is 16.3. The Balaban J connectivity index is 2.25. The van der Waals surface area contributed by atoms with E-state index in [1.807, 2.05) is 0 Å². The van der Waals surface area contributed by atoms with E-state index in [9.17, 15) is 0 Å². The van der Waals surface area contributed by atoms with Gasteiger partial charge in [-0.3, -0.25) is 0 Å². The van der Waals surface area contributed by atoms with Gasteiger partial charge in [0.25, 0.3) is 0 Å². The van der Waals surface area contributed by atoms with Gasteiger partial charge in [-0.25, -0.2) is 0 Å². The molecule has 2 nitrogen and oxygen atoms in total. The molecule has 0 aromatic heterocycles. The Morgan fingerprint density at radius 1 is 1.14 bits per heavy atom. The molecular weight excluding hydrogens is 174 g/mol. The number of nitrogens with one attached hydrogen (secondary N) is 1. The minimum Gasteiger partial charge on any atom is -0.395 e. The zero-order valence-electron chi connectivity index (χ0n) is 9.47. The third-order valence-corrected chi connectivity index (χ3v) is 3.29. The van der Waals surface area contributed by atoms with Crippen LogP contribution in [0.25, 0.3) is 0 Å². The summed E-state index contributed by atoms with van der Waals surface area (Å²) in [4.78, 5) is 0. The van der Waals surface area contributed by atoms with Gasteiger partial charge in [0.15, 0.2) is 0 Å². The number of aliphatic hydroxyl groups excluding tert-OH is 1. The lowest BCUT2D eigenvalue weighted by Gasteiger charge is -2.25. The summed E-state index contributed by atoms with van der Waals surface area (Å²) in [7, 11) is 0. The highest BCUT2D eigenvalue weighted by molar-refractivity contribution is 4.74. The topological polar surface area (TPSA) is 32.3 Å². The van der Waals surface area contributed by atoms with Crippen molar-refractivity contribution in [1.82, 2.24) is 5.32 Å². The Morgan fingerprint density at radius 3 is 2.21 bits per heavy atom. The van der Waals surface area contributed by atoms with Crippen LogP contribution < -0.4 is 5.32 Å². The molecule has 0 aromatic rings. The molecule has 0 heterocycles. The molecular formula is C12H25NO. The Morgan fingerprint density at radius 2 is 1.71 bits per heavy atom. The lowest BCUT2D eigenvalue weighted by atomic mass is 9.96. The number of aliphatic hydroxyl groups is 1. The van der Waals surface area contributed by atoms with Crippen LogP contribution in [0, 0.1) is 0 Å². The van der Waals surface area contributed by atoms with E-state index in [1.165, 1.54) is 44.9 Å². The van der Waals surface area contributed by atoms with Crippen molar-refractivity contribution < 1.29 is 5.11 Å². The summed E-state index contributed by atoms with van der Waals surface area (Å²) in [6.45, 7) is 2.42. The van der Waals surface area contributed by atoms with E-state index in [2.05, 4.69) is 12.2 Å². The molecule has 14 heavy (non-hydrogen) atoms. The Kier molecular flexibility index (Phi) is 6.20. The average molecular weight is 199 g/mol. The monoisotopic (exact) mass is 199 g/mol. The Labute approximate surface area is 88.1 Å². The molecule has 1 rings (SSSR count). The van der Waals surface area contributed by atoms with Gasteiger partial charge in [0.1, 0.15) is 0 Å². The first-order valence-corrected chi connectivity index (χ1v) is 6.23. The highest BCUT2D eigenvalue weighted by Gasteiger charge is 2.14. The molecule has 0 amide bonds. The molecule has 84 valence electrons. The van der Waals surface area contributed by atoms with Crippen molar-refractivity contribution in [2.24, 2.45) is 0 Å². The van der Waals surface area contributed by atoms with E-state index in [0.29, 0.717) is 12.1 Å². The van der Waals surface area contributed by atoms with Crippen molar-refractivity contribution in [1.29, 1.82) is 0 Å². The molecule has 1 saturated carbocycles. The summed E-state index contributed by atoms with van der Waals surface area (Å²) in [6.07, 6.45) is 10.6. The molecule has 1 aliphatic carbocycles. The van der Waals surface area contributed by atoms with Gasteiger partial charge in [-0.15, -0.1) is 0 Å². The van der Waals surface area contributed by atoms with Gasteiger partial charge in [0.05, 0.1) is 6.61 Å². The highest BCUT2D eigenvalue weighted by Crippen LogP contribution is 2.17. The van der Waals surface area contributed by atoms with Crippen molar-refractivity contribution in [3.8, 4) is 0 Å². The summed E-state index contributed by atoms with van der Waals surface area (Å²) < 4.78 is 0.